The molecule has 24 heavy (non-hydrogen) atoms. The van der Waals surface area contributed by atoms with Crippen LogP contribution in [0, 0.1) is 13.8 Å². The molecular weight excluding hydrogens is 332 g/mol. The third kappa shape index (κ3) is 6.29. The quantitative estimate of drug-likeness (QED) is 0.678. The molecule has 0 fully saturated rings. The second-order valence-corrected chi connectivity index (χ2v) is 7.38. The Morgan fingerprint density at radius 3 is 2.46 bits per heavy atom. The van der Waals surface area contributed by atoms with Crippen LogP contribution in [-0.4, -0.2) is 39.5 Å². The van der Waals surface area contributed by atoms with Crippen molar-refractivity contribution >= 4 is 21.9 Å². The Morgan fingerprint density at radius 1 is 1.21 bits per heavy atom. The Hall–Kier alpha value is -1.93. The van der Waals surface area contributed by atoms with E-state index in [4.69, 9.17) is 4.74 Å². The second-order valence-electron chi connectivity index (χ2n) is 5.61. The minimum absolute atomic E-state index is 0.0144. The number of esters is 1. The molecule has 0 bridgehead atoms. The smallest absolute Gasteiger partial charge is 0.321 e. The van der Waals surface area contributed by atoms with E-state index in [0.717, 1.165) is 17.5 Å². The van der Waals surface area contributed by atoms with Crippen molar-refractivity contribution in [2.24, 2.45) is 0 Å². The molecule has 134 valence electrons. The fourth-order valence-corrected chi connectivity index (χ4v) is 2.79. The number of benzene rings is 1. The summed E-state index contributed by atoms with van der Waals surface area (Å²) in [5, 5.41) is 2.64. The Bertz CT molecular complexity index is 700. The molecule has 2 N–H and O–H groups in total. The average Bonchev–Trinajstić information content (AvgIpc) is 2.53. The topological polar surface area (TPSA) is 102 Å². The van der Waals surface area contributed by atoms with Gasteiger partial charge in [-0.1, -0.05) is 13.0 Å². The lowest BCUT2D eigenvalue weighted by molar-refractivity contribution is -0.147. The first-order valence-electron chi connectivity index (χ1n) is 7.67. The summed E-state index contributed by atoms with van der Waals surface area (Å²) in [6, 6.07) is 4.68. The fraction of sp³-hybridized carbons (Fsp3) is 0.500. The summed E-state index contributed by atoms with van der Waals surface area (Å²) in [5.41, 5.74) is 1.81. The van der Waals surface area contributed by atoms with Crippen LogP contribution in [0.4, 0.5) is 0 Å². The summed E-state index contributed by atoms with van der Waals surface area (Å²) < 4.78 is 31.2. The zero-order valence-electron chi connectivity index (χ0n) is 14.4. The van der Waals surface area contributed by atoms with Crippen molar-refractivity contribution in [1.29, 1.82) is 0 Å². The fourth-order valence-electron chi connectivity index (χ4n) is 1.73. The van der Waals surface area contributed by atoms with Crippen LogP contribution in [0.2, 0.25) is 0 Å². The van der Waals surface area contributed by atoms with Crippen LogP contribution in [0.15, 0.2) is 23.1 Å². The van der Waals surface area contributed by atoms with Gasteiger partial charge in [-0.25, -0.2) is 8.42 Å². The van der Waals surface area contributed by atoms with Crippen molar-refractivity contribution in [2.45, 2.75) is 45.1 Å². The van der Waals surface area contributed by atoms with Crippen LogP contribution in [0.1, 0.15) is 31.4 Å². The number of carbonyl (C=O) groups is 2. The van der Waals surface area contributed by atoms with Crippen LogP contribution in [-0.2, 0) is 24.3 Å². The first-order valence-corrected chi connectivity index (χ1v) is 9.16. The van der Waals surface area contributed by atoms with Crippen molar-refractivity contribution in [3.05, 3.63) is 29.3 Å². The van der Waals surface area contributed by atoms with Crippen LogP contribution in [0.3, 0.4) is 0 Å². The Balaban J connectivity index is 2.51. The third-order valence-corrected chi connectivity index (χ3v) is 4.98. The Labute approximate surface area is 142 Å². The lowest BCUT2D eigenvalue weighted by Crippen LogP contribution is -2.37. The normalized spacial score (nSPS) is 12.5. The predicted molar refractivity (Wildman–Crippen MR) is 90.0 cm³/mol. The van der Waals surface area contributed by atoms with E-state index in [0.29, 0.717) is 0 Å². The van der Waals surface area contributed by atoms with E-state index in [9.17, 15) is 18.0 Å². The lowest BCUT2D eigenvalue weighted by atomic mass is 10.1. The van der Waals surface area contributed by atoms with Crippen molar-refractivity contribution in [2.75, 3.05) is 13.2 Å². The van der Waals surface area contributed by atoms with Gasteiger partial charge in [0.15, 0.2) is 6.61 Å². The first kappa shape index (κ1) is 20.1. The van der Waals surface area contributed by atoms with E-state index in [1.54, 1.807) is 13.0 Å². The van der Waals surface area contributed by atoms with Crippen molar-refractivity contribution < 1.29 is 22.7 Å². The largest absolute Gasteiger partial charge is 0.455 e. The SMILES string of the molecule is CC[C@H](C)NC(=O)COC(=O)CNS(=O)(=O)c1ccc(C)c(C)c1. The Morgan fingerprint density at radius 2 is 1.88 bits per heavy atom. The summed E-state index contributed by atoms with van der Waals surface area (Å²) in [7, 11) is -3.81. The summed E-state index contributed by atoms with van der Waals surface area (Å²) >= 11 is 0. The molecule has 0 heterocycles. The maximum absolute atomic E-state index is 12.1. The highest BCUT2D eigenvalue weighted by molar-refractivity contribution is 7.89. The number of aryl methyl sites for hydroxylation is 2. The lowest BCUT2D eigenvalue weighted by Gasteiger charge is -2.12. The molecule has 1 rings (SSSR count). The number of carbonyl (C=O) groups excluding carboxylic acids is 2. The number of nitrogens with one attached hydrogen (secondary N) is 2. The van der Waals surface area contributed by atoms with Gasteiger partial charge in [0, 0.05) is 6.04 Å². The molecule has 0 aliphatic heterocycles. The van der Waals surface area contributed by atoms with Crippen molar-refractivity contribution in [3.8, 4) is 0 Å². The first-order chi connectivity index (χ1) is 11.2. The summed E-state index contributed by atoms with van der Waals surface area (Å²) in [5.74, 6) is -1.24. The minimum Gasteiger partial charge on any atom is -0.455 e. The molecule has 1 aromatic carbocycles. The molecule has 1 aromatic rings. The van der Waals surface area contributed by atoms with Gasteiger partial charge in [0.25, 0.3) is 5.91 Å². The van der Waals surface area contributed by atoms with Gasteiger partial charge in [-0.05, 0) is 50.5 Å². The molecule has 0 unspecified atom stereocenters. The van der Waals surface area contributed by atoms with E-state index < -0.39 is 35.1 Å². The molecular formula is C16H24N2O5S. The van der Waals surface area contributed by atoms with Crippen LogP contribution >= 0.6 is 0 Å². The van der Waals surface area contributed by atoms with Gasteiger partial charge in [-0.15, -0.1) is 0 Å². The molecule has 0 aliphatic carbocycles. The molecule has 0 radical (unpaired) electrons. The molecule has 1 amide bonds. The average molecular weight is 356 g/mol. The van der Waals surface area contributed by atoms with E-state index in [2.05, 4.69) is 10.0 Å². The monoisotopic (exact) mass is 356 g/mol. The van der Waals surface area contributed by atoms with Gasteiger partial charge in [0.1, 0.15) is 6.54 Å². The number of sulfonamides is 1. The van der Waals surface area contributed by atoms with E-state index in [1.807, 2.05) is 20.8 Å². The standard InChI is InChI=1S/C16H24N2O5S/c1-5-13(4)18-15(19)10-23-16(20)9-17-24(21,22)14-7-6-11(2)12(3)8-14/h6-8,13,17H,5,9-10H2,1-4H3,(H,18,19)/t13-/m0/s1. The molecule has 0 aromatic heterocycles. The summed E-state index contributed by atoms with van der Waals surface area (Å²) in [6.07, 6.45) is 0.759. The van der Waals surface area contributed by atoms with Crippen LogP contribution < -0.4 is 10.0 Å². The van der Waals surface area contributed by atoms with E-state index in [1.165, 1.54) is 12.1 Å². The van der Waals surface area contributed by atoms with Crippen LogP contribution in [0.25, 0.3) is 0 Å². The predicted octanol–water partition coefficient (Wildman–Crippen LogP) is 1.04. The second kappa shape index (κ2) is 8.79. The zero-order chi connectivity index (χ0) is 18.3. The van der Waals surface area contributed by atoms with Gasteiger partial charge in [-0.2, -0.15) is 4.72 Å². The van der Waals surface area contributed by atoms with Crippen molar-refractivity contribution in [1.82, 2.24) is 10.0 Å². The van der Waals surface area contributed by atoms with Gasteiger partial charge in [0.05, 0.1) is 4.90 Å². The zero-order valence-corrected chi connectivity index (χ0v) is 15.2. The highest BCUT2D eigenvalue weighted by Gasteiger charge is 2.17. The molecule has 0 spiro atoms. The molecule has 0 aliphatic rings. The van der Waals surface area contributed by atoms with Crippen molar-refractivity contribution in [3.63, 3.8) is 0 Å². The number of rotatable bonds is 8. The number of hydrogen-bond donors (Lipinski definition) is 2. The number of hydrogen-bond acceptors (Lipinski definition) is 5. The van der Waals surface area contributed by atoms with E-state index in [-0.39, 0.29) is 10.9 Å². The highest BCUT2D eigenvalue weighted by atomic mass is 32.2. The Kier molecular flexibility index (Phi) is 7.37. The molecule has 1 atom stereocenters. The van der Waals surface area contributed by atoms with Gasteiger partial charge in [0.2, 0.25) is 10.0 Å². The molecule has 7 nitrogen and oxygen atoms in total. The van der Waals surface area contributed by atoms with Gasteiger partial charge < -0.3 is 10.1 Å². The number of amides is 1. The maximum Gasteiger partial charge on any atom is 0.321 e. The third-order valence-electron chi connectivity index (χ3n) is 3.58. The summed E-state index contributed by atoms with van der Waals surface area (Å²) in [6.45, 7) is 6.45. The van der Waals surface area contributed by atoms with Gasteiger partial charge in [-0.3, -0.25) is 9.59 Å². The molecule has 0 saturated heterocycles. The summed E-state index contributed by atoms with van der Waals surface area (Å²) in [4.78, 5) is 23.1. The molecule has 0 saturated carbocycles. The molecule has 8 heteroatoms. The minimum atomic E-state index is -3.81. The van der Waals surface area contributed by atoms with Gasteiger partial charge >= 0.3 is 5.97 Å². The van der Waals surface area contributed by atoms with E-state index >= 15 is 0 Å². The maximum atomic E-state index is 12.1. The highest BCUT2D eigenvalue weighted by Crippen LogP contribution is 2.14. The van der Waals surface area contributed by atoms with Crippen LogP contribution in [0.5, 0.6) is 0 Å². The number of ether oxygens (including phenoxy) is 1.